The zero-order valence-corrected chi connectivity index (χ0v) is 17.4. The van der Waals surface area contributed by atoms with E-state index in [4.69, 9.17) is 4.99 Å². The first-order valence-electron chi connectivity index (χ1n) is 9.46. The van der Waals surface area contributed by atoms with Gasteiger partial charge in [-0.1, -0.05) is 19.1 Å². The van der Waals surface area contributed by atoms with Crippen LogP contribution in [0.1, 0.15) is 53.0 Å². The molecule has 1 aliphatic heterocycles. The summed E-state index contributed by atoms with van der Waals surface area (Å²) < 4.78 is 2.12. The highest BCUT2D eigenvalue weighted by Crippen LogP contribution is 2.36. The molecule has 1 aliphatic rings. The van der Waals surface area contributed by atoms with Gasteiger partial charge in [-0.3, -0.25) is 14.4 Å². The SMILES string of the molecule is CCCC(=O)Nc1ccc(C2=NCc3nnc(C)n3-c3sc(C)c(C)c32)cc1. The number of rotatable bonds is 4. The minimum atomic E-state index is 0.0436. The van der Waals surface area contributed by atoms with Crippen LogP contribution in [0.25, 0.3) is 5.00 Å². The molecule has 0 saturated carbocycles. The standard InChI is InChI=1S/C21H23N5OS/c1-5-6-18(27)23-16-9-7-15(8-10-16)20-19-12(2)13(3)28-21(19)26-14(4)24-25-17(26)11-22-20/h7-10H,5-6,11H2,1-4H3,(H,23,27). The third-order valence-electron chi connectivity index (χ3n) is 5.00. The molecule has 1 aromatic carbocycles. The lowest BCUT2D eigenvalue weighted by molar-refractivity contribution is -0.116. The van der Waals surface area contributed by atoms with Gasteiger partial charge in [0.2, 0.25) is 5.91 Å². The molecule has 0 fully saturated rings. The Hall–Kier alpha value is -2.80. The van der Waals surface area contributed by atoms with Gasteiger partial charge in [-0.05, 0) is 44.9 Å². The fourth-order valence-corrected chi connectivity index (χ4v) is 4.67. The van der Waals surface area contributed by atoms with E-state index < -0.39 is 0 Å². The van der Waals surface area contributed by atoms with Gasteiger partial charge in [0.25, 0.3) is 0 Å². The van der Waals surface area contributed by atoms with E-state index in [9.17, 15) is 4.79 Å². The predicted octanol–water partition coefficient (Wildman–Crippen LogP) is 4.34. The van der Waals surface area contributed by atoms with Crippen LogP contribution in [0.2, 0.25) is 0 Å². The molecule has 0 saturated heterocycles. The Labute approximate surface area is 168 Å². The van der Waals surface area contributed by atoms with Crippen molar-refractivity contribution in [2.24, 2.45) is 4.99 Å². The molecule has 144 valence electrons. The Balaban J connectivity index is 1.75. The van der Waals surface area contributed by atoms with E-state index >= 15 is 0 Å². The molecule has 7 heteroatoms. The number of anilines is 1. The van der Waals surface area contributed by atoms with Gasteiger partial charge in [0.1, 0.15) is 17.4 Å². The van der Waals surface area contributed by atoms with Crippen LogP contribution in [0.4, 0.5) is 5.69 Å². The minimum absolute atomic E-state index is 0.0436. The molecule has 0 spiro atoms. The normalized spacial score (nSPS) is 12.8. The fourth-order valence-electron chi connectivity index (χ4n) is 3.44. The molecule has 0 aliphatic carbocycles. The van der Waals surface area contributed by atoms with Crippen molar-refractivity contribution in [3.8, 4) is 5.00 Å². The maximum absolute atomic E-state index is 11.8. The molecule has 0 bridgehead atoms. The third-order valence-corrected chi connectivity index (χ3v) is 6.19. The summed E-state index contributed by atoms with van der Waals surface area (Å²) in [6.07, 6.45) is 1.37. The maximum Gasteiger partial charge on any atom is 0.224 e. The van der Waals surface area contributed by atoms with Crippen LogP contribution < -0.4 is 5.32 Å². The Bertz CT molecular complexity index is 1080. The first kappa shape index (κ1) is 18.6. The first-order chi connectivity index (χ1) is 13.5. The van der Waals surface area contributed by atoms with Gasteiger partial charge >= 0.3 is 0 Å². The van der Waals surface area contributed by atoms with E-state index in [1.54, 1.807) is 11.3 Å². The van der Waals surface area contributed by atoms with Crippen molar-refractivity contribution in [1.82, 2.24) is 14.8 Å². The Kier molecular flexibility index (Phi) is 4.85. The third kappa shape index (κ3) is 3.16. The number of nitrogens with zero attached hydrogens (tertiary/aromatic N) is 4. The molecule has 3 aromatic rings. The lowest BCUT2D eigenvalue weighted by atomic mass is 9.99. The fraction of sp³-hybridized carbons (Fsp3) is 0.333. The molecule has 0 radical (unpaired) electrons. The van der Waals surface area contributed by atoms with Gasteiger partial charge in [0, 0.05) is 28.1 Å². The van der Waals surface area contributed by atoms with Crippen molar-refractivity contribution in [2.75, 3.05) is 5.32 Å². The first-order valence-corrected chi connectivity index (χ1v) is 10.3. The number of hydrogen-bond acceptors (Lipinski definition) is 5. The van der Waals surface area contributed by atoms with Crippen molar-refractivity contribution >= 4 is 28.6 Å². The van der Waals surface area contributed by atoms with Crippen molar-refractivity contribution < 1.29 is 4.79 Å². The number of aryl methyl sites for hydroxylation is 2. The average Bonchev–Trinajstić information content (AvgIpc) is 3.11. The number of amides is 1. The van der Waals surface area contributed by atoms with Crippen molar-refractivity contribution in [2.45, 2.75) is 47.1 Å². The van der Waals surface area contributed by atoms with Crippen LogP contribution in [-0.4, -0.2) is 26.4 Å². The molecule has 6 nitrogen and oxygen atoms in total. The second kappa shape index (κ2) is 7.31. The number of aromatic nitrogens is 3. The molecule has 2 aromatic heterocycles. The molecule has 28 heavy (non-hydrogen) atoms. The summed E-state index contributed by atoms with van der Waals surface area (Å²) in [6.45, 7) is 8.74. The number of fused-ring (bicyclic) bond motifs is 3. The molecule has 0 unspecified atom stereocenters. The molecule has 1 N–H and O–H groups in total. The number of benzene rings is 1. The van der Waals surface area contributed by atoms with Crippen molar-refractivity contribution in [3.05, 3.63) is 57.5 Å². The van der Waals surface area contributed by atoms with E-state index in [0.717, 1.165) is 45.6 Å². The van der Waals surface area contributed by atoms with Crippen molar-refractivity contribution in [1.29, 1.82) is 0 Å². The number of nitrogens with one attached hydrogen (secondary N) is 1. The Morgan fingerprint density at radius 2 is 1.93 bits per heavy atom. The molecule has 1 amide bonds. The lowest BCUT2D eigenvalue weighted by Gasteiger charge is -2.10. The number of thiophene rings is 1. The van der Waals surface area contributed by atoms with Gasteiger partial charge in [-0.15, -0.1) is 21.5 Å². The summed E-state index contributed by atoms with van der Waals surface area (Å²) >= 11 is 1.75. The topological polar surface area (TPSA) is 72.2 Å². The molecular formula is C21H23N5OS. The summed E-state index contributed by atoms with van der Waals surface area (Å²) in [4.78, 5) is 18.0. The summed E-state index contributed by atoms with van der Waals surface area (Å²) in [7, 11) is 0. The lowest BCUT2D eigenvalue weighted by Crippen LogP contribution is -2.11. The second-order valence-electron chi connectivity index (χ2n) is 7.00. The Morgan fingerprint density at radius 3 is 2.64 bits per heavy atom. The van der Waals surface area contributed by atoms with E-state index in [2.05, 4.69) is 33.9 Å². The highest BCUT2D eigenvalue weighted by atomic mass is 32.1. The van der Waals surface area contributed by atoms with Crippen molar-refractivity contribution in [3.63, 3.8) is 0 Å². The smallest absolute Gasteiger partial charge is 0.224 e. The van der Waals surface area contributed by atoms with Crippen LogP contribution in [0.5, 0.6) is 0 Å². The van der Waals surface area contributed by atoms with Crippen LogP contribution in [0, 0.1) is 20.8 Å². The van der Waals surface area contributed by atoms with E-state index in [1.807, 2.05) is 38.1 Å². The van der Waals surface area contributed by atoms with E-state index in [-0.39, 0.29) is 5.91 Å². The van der Waals surface area contributed by atoms with Gasteiger partial charge in [-0.25, -0.2) is 0 Å². The highest BCUT2D eigenvalue weighted by molar-refractivity contribution is 7.15. The second-order valence-corrected chi connectivity index (χ2v) is 8.21. The highest BCUT2D eigenvalue weighted by Gasteiger charge is 2.26. The summed E-state index contributed by atoms with van der Waals surface area (Å²) in [5, 5.41) is 12.6. The van der Waals surface area contributed by atoms with Crippen LogP contribution in [-0.2, 0) is 11.3 Å². The van der Waals surface area contributed by atoms with E-state index in [0.29, 0.717) is 13.0 Å². The predicted molar refractivity (Wildman–Crippen MR) is 113 cm³/mol. The van der Waals surface area contributed by atoms with Gasteiger partial charge < -0.3 is 5.32 Å². The minimum Gasteiger partial charge on any atom is -0.326 e. The molecule has 4 rings (SSSR count). The van der Waals surface area contributed by atoms with Crippen LogP contribution >= 0.6 is 11.3 Å². The number of carbonyl (C=O) groups is 1. The molecule has 3 heterocycles. The zero-order chi connectivity index (χ0) is 19.8. The average molecular weight is 394 g/mol. The van der Waals surface area contributed by atoms with Crippen LogP contribution in [0.15, 0.2) is 29.3 Å². The number of hydrogen-bond donors (Lipinski definition) is 1. The zero-order valence-electron chi connectivity index (χ0n) is 16.5. The number of carbonyl (C=O) groups excluding carboxylic acids is 1. The number of aliphatic imine (C=N–C) groups is 1. The molecule has 0 atom stereocenters. The Morgan fingerprint density at radius 1 is 1.18 bits per heavy atom. The van der Waals surface area contributed by atoms with E-state index in [1.165, 1.54) is 10.4 Å². The summed E-state index contributed by atoms with van der Waals surface area (Å²) in [5.74, 6) is 1.78. The largest absolute Gasteiger partial charge is 0.326 e. The summed E-state index contributed by atoms with van der Waals surface area (Å²) in [5.41, 5.74) is 5.19. The maximum atomic E-state index is 11.8. The molecular weight excluding hydrogens is 370 g/mol. The van der Waals surface area contributed by atoms with Gasteiger partial charge in [-0.2, -0.15) is 0 Å². The van der Waals surface area contributed by atoms with Gasteiger partial charge in [0.15, 0.2) is 5.82 Å². The summed E-state index contributed by atoms with van der Waals surface area (Å²) in [6, 6.07) is 7.93. The quantitative estimate of drug-likeness (QED) is 0.716. The van der Waals surface area contributed by atoms with Crippen LogP contribution in [0.3, 0.4) is 0 Å². The monoisotopic (exact) mass is 393 g/mol. The van der Waals surface area contributed by atoms with Gasteiger partial charge in [0.05, 0.1) is 5.71 Å².